The molecule has 2 rings (SSSR count). The highest BCUT2D eigenvalue weighted by molar-refractivity contribution is 5.91. The lowest BCUT2D eigenvalue weighted by atomic mass is 10.1. The van der Waals surface area contributed by atoms with Crippen LogP contribution < -0.4 is 11.2 Å². The van der Waals surface area contributed by atoms with Gasteiger partial charge in [0.1, 0.15) is 0 Å². The van der Waals surface area contributed by atoms with Crippen LogP contribution in [0.3, 0.4) is 0 Å². The molecule has 0 aliphatic heterocycles. The van der Waals surface area contributed by atoms with Gasteiger partial charge in [-0.1, -0.05) is 19.9 Å². The van der Waals surface area contributed by atoms with Crippen molar-refractivity contribution in [3.63, 3.8) is 0 Å². The van der Waals surface area contributed by atoms with Crippen molar-refractivity contribution in [2.75, 3.05) is 0 Å². The van der Waals surface area contributed by atoms with Gasteiger partial charge in [-0.2, -0.15) is 10.2 Å². The molecule has 18 heavy (non-hydrogen) atoms. The minimum Gasteiger partial charge on any atom is -0.350 e. The lowest BCUT2D eigenvalue weighted by Gasteiger charge is -2.00. The number of hydrogen-bond acceptors (Lipinski definition) is 3. The SMILES string of the molecule is CC(C)c1nn2ccccc2c1/C=N/NC(N)=O. The van der Waals surface area contributed by atoms with E-state index in [9.17, 15) is 4.79 Å². The summed E-state index contributed by atoms with van der Waals surface area (Å²) in [7, 11) is 0. The number of hydrazone groups is 1. The summed E-state index contributed by atoms with van der Waals surface area (Å²) in [5.74, 6) is 0.264. The zero-order valence-electron chi connectivity index (χ0n) is 10.3. The molecule has 2 aromatic rings. The Labute approximate surface area is 104 Å². The molecule has 0 aliphatic rings. The molecule has 0 unspecified atom stereocenters. The van der Waals surface area contributed by atoms with Crippen LogP contribution >= 0.6 is 0 Å². The Morgan fingerprint density at radius 2 is 2.33 bits per heavy atom. The summed E-state index contributed by atoms with van der Waals surface area (Å²) in [6, 6.07) is 5.10. The van der Waals surface area contributed by atoms with Gasteiger partial charge in [-0.3, -0.25) is 0 Å². The molecular weight excluding hydrogens is 230 g/mol. The fourth-order valence-corrected chi connectivity index (χ4v) is 1.76. The van der Waals surface area contributed by atoms with Crippen molar-refractivity contribution in [1.29, 1.82) is 0 Å². The second kappa shape index (κ2) is 4.87. The van der Waals surface area contributed by atoms with Crippen LogP contribution in [-0.4, -0.2) is 21.9 Å². The molecular formula is C12H15N5O. The number of nitrogens with zero attached hydrogens (tertiary/aromatic N) is 3. The van der Waals surface area contributed by atoms with Gasteiger partial charge in [0.05, 0.1) is 17.4 Å². The van der Waals surface area contributed by atoms with Crippen LogP contribution in [0.25, 0.3) is 5.52 Å². The van der Waals surface area contributed by atoms with E-state index in [1.165, 1.54) is 0 Å². The van der Waals surface area contributed by atoms with Gasteiger partial charge in [0, 0.05) is 11.8 Å². The predicted octanol–water partition coefficient (Wildman–Crippen LogP) is 1.46. The number of nitrogens with one attached hydrogen (secondary N) is 1. The average Bonchev–Trinajstić information content (AvgIpc) is 2.68. The van der Waals surface area contributed by atoms with Gasteiger partial charge in [0.15, 0.2) is 0 Å². The summed E-state index contributed by atoms with van der Waals surface area (Å²) in [6.07, 6.45) is 3.45. The van der Waals surface area contributed by atoms with E-state index >= 15 is 0 Å². The lowest BCUT2D eigenvalue weighted by molar-refractivity contribution is 0.249. The van der Waals surface area contributed by atoms with E-state index in [2.05, 4.69) is 29.5 Å². The zero-order chi connectivity index (χ0) is 13.1. The van der Waals surface area contributed by atoms with Crippen molar-refractivity contribution in [1.82, 2.24) is 15.0 Å². The van der Waals surface area contributed by atoms with E-state index in [-0.39, 0.29) is 5.92 Å². The third-order valence-corrected chi connectivity index (χ3v) is 2.52. The maximum atomic E-state index is 10.6. The number of nitrogens with two attached hydrogens (primary N) is 1. The number of amides is 2. The molecule has 0 fully saturated rings. The van der Waals surface area contributed by atoms with Gasteiger partial charge in [-0.05, 0) is 18.1 Å². The molecule has 0 spiro atoms. The van der Waals surface area contributed by atoms with Crippen molar-refractivity contribution < 1.29 is 4.79 Å². The van der Waals surface area contributed by atoms with Gasteiger partial charge < -0.3 is 5.73 Å². The fourth-order valence-electron chi connectivity index (χ4n) is 1.76. The molecule has 3 N–H and O–H groups in total. The molecule has 0 bridgehead atoms. The van der Waals surface area contributed by atoms with Crippen molar-refractivity contribution in [3.05, 3.63) is 35.7 Å². The minimum atomic E-state index is -0.686. The van der Waals surface area contributed by atoms with Crippen molar-refractivity contribution in [2.24, 2.45) is 10.8 Å². The third kappa shape index (κ3) is 2.32. The Kier molecular flexibility index (Phi) is 3.27. The van der Waals surface area contributed by atoms with Gasteiger partial charge in [0.2, 0.25) is 0 Å². The Balaban J connectivity index is 2.48. The predicted molar refractivity (Wildman–Crippen MR) is 69.6 cm³/mol. The maximum Gasteiger partial charge on any atom is 0.332 e. The van der Waals surface area contributed by atoms with Gasteiger partial charge in [-0.25, -0.2) is 14.7 Å². The number of rotatable bonds is 3. The molecule has 0 radical (unpaired) electrons. The largest absolute Gasteiger partial charge is 0.350 e. The molecule has 0 aliphatic carbocycles. The monoisotopic (exact) mass is 245 g/mol. The smallest absolute Gasteiger partial charge is 0.332 e. The van der Waals surface area contributed by atoms with Crippen LogP contribution in [0.2, 0.25) is 0 Å². The number of hydrogen-bond donors (Lipinski definition) is 2. The summed E-state index contributed by atoms with van der Waals surface area (Å²) in [4.78, 5) is 10.6. The number of carbonyl (C=O) groups excluding carboxylic acids is 1. The van der Waals surface area contributed by atoms with E-state index < -0.39 is 6.03 Å². The molecule has 2 amide bonds. The quantitative estimate of drug-likeness (QED) is 0.633. The zero-order valence-corrected chi connectivity index (χ0v) is 10.3. The second-order valence-corrected chi connectivity index (χ2v) is 4.22. The molecule has 2 heterocycles. The molecule has 0 atom stereocenters. The summed E-state index contributed by atoms with van der Waals surface area (Å²) in [5, 5.41) is 8.30. The Morgan fingerprint density at radius 1 is 1.56 bits per heavy atom. The first-order chi connectivity index (χ1) is 8.59. The Morgan fingerprint density at radius 3 is 3.00 bits per heavy atom. The normalized spacial score (nSPS) is 11.5. The standard InChI is InChI=1S/C12H15N5O/c1-8(2)11-9(7-14-15-12(13)18)10-5-3-4-6-17(10)16-11/h3-8H,1-2H3,(H3,13,15,18)/b14-7+. The fraction of sp³-hybridized carbons (Fsp3) is 0.250. The van der Waals surface area contributed by atoms with Gasteiger partial charge in [0.25, 0.3) is 0 Å². The summed E-state index contributed by atoms with van der Waals surface area (Å²) < 4.78 is 1.79. The topological polar surface area (TPSA) is 84.8 Å². The highest BCUT2D eigenvalue weighted by Crippen LogP contribution is 2.20. The van der Waals surface area contributed by atoms with Crippen LogP contribution in [0.1, 0.15) is 31.0 Å². The van der Waals surface area contributed by atoms with E-state index in [1.54, 1.807) is 10.7 Å². The molecule has 6 heteroatoms. The van der Waals surface area contributed by atoms with E-state index in [4.69, 9.17) is 5.73 Å². The molecule has 6 nitrogen and oxygen atoms in total. The van der Waals surface area contributed by atoms with Crippen LogP contribution in [0.5, 0.6) is 0 Å². The van der Waals surface area contributed by atoms with Crippen LogP contribution in [0.4, 0.5) is 4.79 Å². The number of carbonyl (C=O) groups is 1. The van der Waals surface area contributed by atoms with Crippen molar-refractivity contribution >= 4 is 17.8 Å². The van der Waals surface area contributed by atoms with E-state index in [1.807, 2.05) is 24.4 Å². The Hall–Kier alpha value is -2.37. The molecule has 0 saturated carbocycles. The second-order valence-electron chi connectivity index (χ2n) is 4.22. The number of aromatic nitrogens is 2. The van der Waals surface area contributed by atoms with Crippen molar-refractivity contribution in [2.45, 2.75) is 19.8 Å². The number of urea groups is 1. The summed E-state index contributed by atoms with van der Waals surface area (Å²) in [5.41, 5.74) is 9.90. The first-order valence-corrected chi connectivity index (χ1v) is 5.65. The maximum absolute atomic E-state index is 10.6. The molecule has 0 saturated heterocycles. The first-order valence-electron chi connectivity index (χ1n) is 5.65. The summed E-state index contributed by atoms with van der Waals surface area (Å²) in [6.45, 7) is 4.11. The highest BCUT2D eigenvalue weighted by Gasteiger charge is 2.13. The van der Waals surface area contributed by atoms with Gasteiger partial charge in [-0.15, -0.1) is 0 Å². The van der Waals surface area contributed by atoms with Crippen LogP contribution in [0.15, 0.2) is 29.5 Å². The first kappa shape index (κ1) is 12.1. The van der Waals surface area contributed by atoms with Crippen LogP contribution in [-0.2, 0) is 0 Å². The van der Waals surface area contributed by atoms with E-state index in [0.29, 0.717) is 0 Å². The van der Waals surface area contributed by atoms with Crippen molar-refractivity contribution in [3.8, 4) is 0 Å². The number of fused-ring (bicyclic) bond motifs is 1. The number of primary amides is 1. The van der Waals surface area contributed by atoms with Gasteiger partial charge >= 0.3 is 6.03 Å². The molecule has 94 valence electrons. The highest BCUT2D eigenvalue weighted by atomic mass is 16.2. The molecule has 2 aromatic heterocycles. The van der Waals surface area contributed by atoms with Crippen LogP contribution in [0, 0.1) is 0 Å². The summed E-state index contributed by atoms with van der Waals surface area (Å²) >= 11 is 0. The molecule has 0 aromatic carbocycles. The van der Waals surface area contributed by atoms with E-state index in [0.717, 1.165) is 16.8 Å². The minimum absolute atomic E-state index is 0.264. The average molecular weight is 245 g/mol. The lowest BCUT2D eigenvalue weighted by Crippen LogP contribution is -2.24. The third-order valence-electron chi connectivity index (χ3n) is 2.52. The Bertz CT molecular complexity index is 600. The number of pyridine rings is 1.